The number of carboxylic acid groups (broad SMARTS) is 1. The van der Waals surface area contributed by atoms with Gasteiger partial charge >= 0.3 is 5.97 Å². The molecular formula is C10H12O3. The van der Waals surface area contributed by atoms with Crippen molar-refractivity contribution in [2.75, 3.05) is 0 Å². The van der Waals surface area contributed by atoms with Gasteiger partial charge in [-0.25, -0.2) is 0 Å². The Balaban J connectivity index is 2.26. The van der Waals surface area contributed by atoms with E-state index in [-0.39, 0.29) is 11.3 Å². The van der Waals surface area contributed by atoms with Crippen molar-refractivity contribution in [2.45, 2.75) is 25.2 Å². The lowest BCUT2D eigenvalue weighted by Gasteiger charge is -2.09. The maximum Gasteiger partial charge on any atom is 0.307 e. The van der Waals surface area contributed by atoms with Crippen LogP contribution >= 0.6 is 0 Å². The van der Waals surface area contributed by atoms with Crippen molar-refractivity contribution >= 4 is 5.97 Å². The Morgan fingerprint density at radius 2 is 2.62 bits per heavy atom. The van der Waals surface area contributed by atoms with E-state index in [1.807, 2.05) is 19.1 Å². The van der Waals surface area contributed by atoms with Crippen LogP contribution in [0.15, 0.2) is 22.8 Å². The lowest BCUT2D eigenvalue weighted by atomic mass is 9.97. The van der Waals surface area contributed by atoms with Gasteiger partial charge in [0.15, 0.2) is 0 Å². The van der Waals surface area contributed by atoms with E-state index in [2.05, 4.69) is 0 Å². The van der Waals surface area contributed by atoms with Gasteiger partial charge in [0, 0.05) is 5.41 Å². The SMILES string of the molecule is CCC1(c2ccco2)CC1C(=O)O. The van der Waals surface area contributed by atoms with Gasteiger partial charge in [-0.3, -0.25) is 4.79 Å². The Bertz CT molecular complexity index is 315. The largest absolute Gasteiger partial charge is 0.481 e. The predicted octanol–water partition coefficient (Wildman–Crippen LogP) is 2.03. The highest BCUT2D eigenvalue weighted by Gasteiger charge is 2.60. The molecule has 0 spiro atoms. The maximum absolute atomic E-state index is 10.8. The number of carboxylic acids is 1. The Kier molecular flexibility index (Phi) is 1.68. The summed E-state index contributed by atoms with van der Waals surface area (Å²) in [5.41, 5.74) is -0.213. The summed E-state index contributed by atoms with van der Waals surface area (Å²) in [6.45, 7) is 2.01. The zero-order valence-electron chi connectivity index (χ0n) is 7.49. The molecule has 13 heavy (non-hydrogen) atoms. The third-order valence-electron chi connectivity index (χ3n) is 3.02. The van der Waals surface area contributed by atoms with Crippen LogP contribution in [0.25, 0.3) is 0 Å². The summed E-state index contributed by atoms with van der Waals surface area (Å²) in [6, 6.07) is 3.68. The Hall–Kier alpha value is -1.25. The predicted molar refractivity (Wildman–Crippen MR) is 46.4 cm³/mol. The second-order valence-corrected chi connectivity index (χ2v) is 3.58. The molecule has 1 saturated carbocycles. The minimum Gasteiger partial charge on any atom is -0.481 e. The summed E-state index contributed by atoms with van der Waals surface area (Å²) < 4.78 is 5.27. The molecule has 3 heteroatoms. The smallest absolute Gasteiger partial charge is 0.307 e. The van der Waals surface area contributed by atoms with Crippen molar-refractivity contribution in [3.63, 3.8) is 0 Å². The normalized spacial score (nSPS) is 31.6. The van der Waals surface area contributed by atoms with Crippen molar-refractivity contribution < 1.29 is 14.3 Å². The number of rotatable bonds is 3. The molecule has 1 N–H and O–H groups in total. The first kappa shape index (κ1) is 8.35. The van der Waals surface area contributed by atoms with Crippen molar-refractivity contribution in [1.29, 1.82) is 0 Å². The molecule has 70 valence electrons. The molecule has 1 aromatic rings. The molecule has 0 aliphatic heterocycles. The molecule has 2 atom stereocenters. The van der Waals surface area contributed by atoms with Crippen molar-refractivity contribution in [1.82, 2.24) is 0 Å². The van der Waals surface area contributed by atoms with Gasteiger partial charge in [0.2, 0.25) is 0 Å². The summed E-state index contributed by atoms with van der Waals surface area (Å²) in [5, 5.41) is 8.88. The summed E-state index contributed by atoms with van der Waals surface area (Å²) in [6.07, 6.45) is 3.15. The van der Waals surface area contributed by atoms with E-state index in [1.54, 1.807) is 6.26 Å². The fourth-order valence-electron chi connectivity index (χ4n) is 2.03. The first-order chi connectivity index (χ1) is 6.20. The van der Waals surface area contributed by atoms with Gasteiger partial charge in [-0.15, -0.1) is 0 Å². The molecule has 1 aromatic heterocycles. The third-order valence-corrected chi connectivity index (χ3v) is 3.02. The second-order valence-electron chi connectivity index (χ2n) is 3.58. The minimum absolute atomic E-state index is 0.213. The molecule has 2 rings (SSSR count). The van der Waals surface area contributed by atoms with E-state index in [0.29, 0.717) is 6.42 Å². The molecule has 0 radical (unpaired) electrons. The Labute approximate surface area is 76.4 Å². The molecule has 0 saturated heterocycles. The fourth-order valence-corrected chi connectivity index (χ4v) is 2.03. The zero-order valence-corrected chi connectivity index (χ0v) is 7.49. The standard InChI is InChI=1S/C10H12O3/c1-2-10(6-7(10)9(11)12)8-4-3-5-13-8/h3-5,7H,2,6H2,1H3,(H,11,12). The maximum atomic E-state index is 10.8. The van der Waals surface area contributed by atoms with Gasteiger partial charge in [-0.2, -0.15) is 0 Å². The van der Waals surface area contributed by atoms with E-state index in [0.717, 1.165) is 12.2 Å². The number of carbonyl (C=O) groups is 1. The van der Waals surface area contributed by atoms with Gasteiger partial charge in [0.25, 0.3) is 0 Å². The van der Waals surface area contributed by atoms with Gasteiger partial charge in [-0.05, 0) is 25.0 Å². The lowest BCUT2D eigenvalue weighted by molar-refractivity contribution is -0.139. The highest BCUT2D eigenvalue weighted by molar-refractivity contribution is 5.76. The Morgan fingerprint density at radius 1 is 1.85 bits per heavy atom. The highest BCUT2D eigenvalue weighted by Crippen LogP contribution is 2.56. The van der Waals surface area contributed by atoms with Gasteiger partial charge in [0.05, 0.1) is 12.2 Å². The minimum atomic E-state index is -0.710. The van der Waals surface area contributed by atoms with Crippen LogP contribution in [-0.2, 0) is 10.2 Å². The van der Waals surface area contributed by atoms with Crippen molar-refractivity contribution in [3.8, 4) is 0 Å². The van der Waals surface area contributed by atoms with Crippen LogP contribution in [0.5, 0.6) is 0 Å². The quantitative estimate of drug-likeness (QED) is 0.774. The van der Waals surface area contributed by atoms with Crippen molar-refractivity contribution in [2.24, 2.45) is 5.92 Å². The molecule has 1 heterocycles. The van der Waals surface area contributed by atoms with Gasteiger partial charge in [-0.1, -0.05) is 6.92 Å². The lowest BCUT2D eigenvalue weighted by Crippen LogP contribution is -2.13. The van der Waals surface area contributed by atoms with Crippen LogP contribution in [-0.4, -0.2) is 11.1 Å². The molecule has 0 amide bonds. The van der Waals surface area contributed by atoms with Gasteiger partial charge < -0.3 is 9.52 Å². The molecular weight excluding hydrogens is 168 g/mol. The molecule has 1 aliphatic rings. The number of hydrogen-bond acceptors (Lipinski definition) is 2. The molecule has 2 unspecified atom stereocenters. The van der Waals surface area contributed by atoms with E-state index in [9.17, 15) is 4.79 Å². The van der Waals surface area contributed by atoms with Crippen LogP contribution in [0.3, 0.4) is 0 Å². The van der Waals surface area contributed by atoms with Crippen LogP contribution in [0.1, 0.15) is 25.5 Å². The van der Waals surface area contributed by atoms with E-state index in [1.165, 1.54) is 0 Å². The van der Waals surface area contributed by atoms with E-state index >= 15 is 0 Å². The fraction of sp³-hybridized carbons (Fsp3) is 0.500. The zero-order chi connectivity index (χ0) is 9.47. The average Bonchev–Trinajstić information content (AvgIpc) is 2.62. The van der Waals surface area contributed by atoms with Crippen LogP contribution in [0.4, 0.5) is 0 Å². The number of furan rings is 1. The van der Waals surface area contributed by atoms with E-state index in [4.69, 9.17) is 9.52 Å². The van der Waals surface area contributed by atoms with Crippen molar-refractivity contribution in [3.05, 3.63) is 24.2 Å². The summed E-state index contributed by atoms with van der Waals surface area (Å²) >= 11 is 0. The topological polar surface area (TPSA) is 50.4 Å². The highest BCUT2D eigenvalue weighted by atomic mass is 16.4. The third kappa shape index (κ3) is 1.07. The van der Waals surface area contributed by atoms with Crippen LogP contribution in [0, 0.1) is 5.92 Å². The number of aliphatic carboxylic acids is 1. The summed E-state index contributed by atoms with van der Waals surface area (Å²) in [7, 11) is 0. The van der Waals surface area contributed by atoms with E-state index < -0.39 is 5.97 Å². The molecule has 1 fully saturated rings. The first-order valence-corrected chi connectivity index (χ1v) is 4.47. The molecule has 0 bridgehead atoms. The van der Waals surface area contributed by atoms with Crippen LogP contribution in [0.2, 0.25) is 0 Å². The molecule has 3 nitrogen and oxygen atoms in total. The average molecular weight is 180 g/mol. The summed E-state index contributed by atoms with van der Waals surface area (Å²) in [4.78, 5) is 10.8. The summed E-state index contributed by atoms with van der Waals surface area (Å²) in [5.74, 6) is -0.135. The van der Waals surface area contributed by atoms with Crippen LogP contribution < -0.4 is 0 Å². The first-order valence-electron chi connectivity index (χ1n) is 4.47. The van der Waals surface area contributed by atoms with Gasteiger partial charge in [0.1, 0.15) is 5.76 Å². The Morgan fingerprint density at radius 3 is 3.00 bits per heavy atom. The number of hydrogen-bond donors (Lipinski definition) is 1. The monoisotopic (exact) mass is 180 g/mol. The second kappa shape index (κ2) is 2.62. The molecule has 0 aromatic carbocycles. The molecule has 1 aliphatic carbocycles.